The maximum absolute atomic E-state index is 13.2. The molecular formula is C12H17FN2O2. The Morgan fingerprint density at radius 2 is 2.24 bits per heavy atom. The van der Waals surface area contributed by atoms with Crippen molar-refractivity contribution in [2.24, 2.45) is 5.73 Å². The fraction of sp³-hybridized carbons (Fsp3) is 0.417. The van der Waals surface area contributed by atoms with Gasteiger partial charge in [0.15, 0.2) is 6.61 Å². The number of halogens is 1. The number of nitrogens with one attached hydrogen (secondary N) is 1. The first-order chi connectivity index (χ1) is 8.15. The summed E-state index contributed by atoms with van der Waals surface area (Å²) in [6.07, 6.45) is 0.579. The van der Waals surface area contributed by atoms with Crippen LogP contribution in [-0.2, 0) is 11.2 Å². The third-order valence-electron chi connectivity index (χ3n) is 2.11. The second kappa shape index (κ2) is 6.85. The molecule has 4 nitrogen and oxygen atoms in total. The van der Waals surface area contributed by atoms with Crippen LogP contribution in [0.4, 0.5) is 4.39 Å². The van der Waals surface area contributed by atoms with Gasteiger partial charge in [-0.25, -0.2) is 4.39 Å². The lowest BCUT2D eigenvalue weighted by atomic mass is 10.1. The standard InChI is InChI=1S/C12H17FN2O2/c1-2-15-12(16)8-17-11-6-9(3-4-14)5-10(13)7-11/h5-7H,2-4,8,14H2,1H3,(H,15,16). The summed E-state index contributed by atoms with van der Waals surface area (Å²) >= 11 is 0. The summed E-state index contributed by atoms with van der Waals surface area (Å²) in [6, 6.07) is 4.35. The summed E-state index contributed by atoms with van der Waals surface area (Å²) in [5.41, 5.74) is 6.16. The molecule has 0 bridgehead atoms. The average Bonchev–Trinajstić information content (AvgIpc) is 2.26. The molecule has 0 saturated heterocycles. The molecule has 0 spiro atoms. The highest BCUT2D eigenvalue weighted by Crippen LogP contribution is 2.16. The summed E-state index contributed by atoms with van der Waals surface area (Å²) < 4.78 is 18.4. The highest BCUT2D eigenvalue weighted by molar-refractivity contribution is 5.77. The Kier molecular flexibility index (Phi) is 5.42. The minimum Gasteiger partial charge on any atom is -0.484 e. The summed E-state index contributed by atoms with van der Waals surface area (Å²) in [4.78, 5) is 11.2. The molecule has 0 aliphatic heterocycles. The van der Waals surface area contributed by atoms with E-state index < -0.39 is 0 Å². The van der Waals surface area contributed by atoms with Crippen LogP contribution in [0.5, 0.6) is 5.75 Å². The first kappa shape index (κ1) is 13.4. The summed E-state index contributed by atoms with van der Waals surface area (Å²) in [7, 11) is 0. The van der Waals surface area contributed by atoms with E-state index >= 15 is 0 Å². The zero-order chi connectivity index (χ0) is 12.7. The molecule has 5 heteroatoms. The number of hydrogen-bond donors (Lipinski definition) is 2. The molecule has 1 aromatic carbocycles. The molecule has 0 atom stereocenters. The molecule has 0 fully saturated rings. The van der Waals surface area contributed by atoms with Crippen molar-refractivity contribution >= 4 is 5.91 Å². The third-order valence-corrected chi connectivity index (χ3v) is 2.11. The van der Waals surface area contributed by atoms with Gasteiger partial charge in [-0.15, -0.1) is 0 Å². The Hall–Kier alpha value is -1.62. The number of nitrogens with two attached hydrogens (primary N) is 1. The molecule has 0 radical (unpaired) electrons. The van der Waals surface area contributed by atoms with Crippen molar-refractivity contribution in [3.63, 3.8) is 0 Å². The van der Waals surface area contributed by atoms with Crippen molar-refractivity contribution in [3.8, 4) is 5.75 Å². The molecule has 0 aliphatic carbocycles. The normalized spacial score (nSPS) is 10.1. The maximum atomic E-state index is 13.2. The molecular weight excluding hydrogens is 223 g/mol. The van der Waals surface area contributed by atoms with Crippen molar-refractivity contribution in [3.05, 3.63) is 29.6 Å². The van der Waals surface area contributed by atoms with Crippen LogP contribution in [0.1, 0.15) is 12.5 Å². The number of likely N-dealkylation sites (N-methyl/N-ethyl adjacent to an activating group) is 1. The molecule has 1 amide bonds. The quantitative estimate of drug-likeness (QED) is 0.774. The molecule has 17 heavy (non-hydrogen) atoms. The van der Waals surface area contributed by atoms with Gasteiger partial charge < -0.3 is 15.8 Å². The first-order valence-electron chi connectivity index (χ1n) is 5.54. The van der Waals surface area contributed by atoms with Crippen LogP contribution in [0.15, 0.2) is 18.2 Å². The van der Waals surface area contributed by atoms with Crippen molar-refractivity contribution < 1.29 is 13.9 Å². The van der Waals surface area contributed by atoms with E-state index in [2.05, 4.69) is 5.32 Å². The fourth-order valence-electron chi connectivity index (χ4n) is 1.41. The SMILES string of the molecule is CCNC(=O)COc1cc(F)cc(CCN)c1. The molecule has 0 aliphatic rings. The van der Waals surface area contributed by atoms with Crippen LogP contribution in [0.25, 0.3) is 0 Å². The number of carbonyl (C=O) groups is 1. The Labute approximate surface area is 100.0 Å². The van der Waals surface area contributed by atoms with Crippen molar-refractivity contribution in [1.29, 1.82) is 0 Å². The van der Waals surface area contributed by atoms with E-state index in [-0.39, 0.29) is 18.3 Å². The fourth-order valence-corrected chi connectivity index (χ4v) is 1.41. The van der Waals surface area contributed by atoms with Gasteiger partial charge in [-0.1, -0.05) is 0 Å². The van der Waals surface area contributed by atoms with Crippen LogP contribution < -0.4 is 15.8 Å². The van der Waals surface area contributed by atoms with Crippen molar-refractivity contribution in [2.75, 3.05) is 19.7 Å². The third kappa shape index (κ3) is 4.82. The molecule has 1 rings (SSSR count). The second-order valence-corrected chi connectivity index (χ2v) is 3.58. The van der Waals surface area contributed by atoms with Gasteiger partial charge in [-0.05, 0) is 37.6 Å². The van der Waals surface area contributed by atoms with E-state index in [4.69, 9.17) is 10.5 Å². The van der Waals surface area contributed by atoms with Crippen LogP contribution in [-0.4, -0.2) is 25.6 Å². The number of carbonyl (C=O) groups excluding carboxylic acids is 1. The molecule has 3 N–H and O–H groups in total. The van der Waals surface area contributed by atoms with Crippen molar-refractivity contribution in [2.45, 2.75) is 13.3 Å². The van der Waals surface area contributed by atoms with Gasteiger partial charge in [0.1, 0.15) is 11.6 Å². The molecule has 0 heterocycles. The molecule has 0 aromatic heterocycles. The lowest BCUT2D eigenvalue weighted by Crippen LogP contribution is -2.28. The molecule has 0 saturated carbocycles. The second-order valence-electron chi connectivity index (χ2n) is 3.58. The van der Waals surface area contributed by atoms with E-state index in [1.807, 2.05) is 6.92 Å². The van der Waals surface area contributed by atoms with Crippen LogP contribution in [0.2, 0.25) is 0 Å². The molecule has 1 aromatic rings. The monoisotopic (exact) mass is 240 g/mol. The maximum Gasteiger partial charge on any atom is 0.257 e. The summed E-state index contributed by atoms with van der Waals surface area (Å²) in [6.45, 7) is 2.70. The lowest BCUT2D eigenvalue weighted by molar-refractivity contribution is -0.122. The Balaban J connectivity index is 2.61. The van der Waals surface area contributed by atoms with Gasteiger partial charge in [0.05, 0.1) is 0 Å². The summed E-state index contributed by atoms with van der Waals surface area (Å²) in [5.74, 6) is -0.265. The van der Waals surface area contributed by atoms with E-state index in [1.54, 1.807) is 6.07 Å². The molecule has 94 valence electrons. The minimum atomic E-state index is -0.387. The molecule has 0 unspecified atom stereocenters. The predicted octanol–water partition coefficient (Wildman–Crippen LogP) is 0.842. The van der Waals surface area contributed by atoms with Gasteiger partial charge in [0, 0.05) is 12.6 Å². The average molecular weight is 240 g/mol. The van der Waals surface area contributed by atoms with E-state index in [1.165, 1.54) is 12.1 Å². The van der Waals surface area contributed by atoms with Crippen LogP contribution >= 0.6 is 0 Å². The van der Waals surface area contributed by atoms with E-state index in [0.29, 0.717) is 25.3 Å². The zero-order valence-electron chi connectivity index (χ0n) is 9.83. The van der Waals surface area contributed by atoms with Gasteiger partial charge in [0.25, 0.3) is 5.91 Å². The van der Waals surface area contributed by atoms with Gasteiger partial charge in [-0.2, -0.15) is 0 Å². The number of rotatable bonds is 6. The summed E-state index contributed by atoms with van der Waals surface area (Å²) in [5, 5.41) is 2.59. The van der Waals surface area contributed by atoms with Gasteiger partial charge in [0.2, 0.25) is 0 Å². The number of hydrogen-bond acceptors (Lipinski definition) is 3. The number of ether oxygens (including phenoxy) is 1. The topological polar surface area (TPSA) is 64.3 Å². The minimum absolute atomic E-state index is 0.112. The van der Waals surface area contributed by atoms with E-state index in [9.17, 15) is 9.18 Å². The smallest absolute Gasteiger partial charge is 0.257 e. The number of benzene rings is 1. The van der Waals surface area contributed by atoms with Crippen LogP contribution in [0.3, 0.4) is 0 Å². The Morgan fingerprint density at radius 1 is 1.47 bits per heavy atom. The number of amides is 1. The Morgan fingerprint density at radius 3 is 2.88 bits per heavy atom. The predicted molar refractivity (Wildman–Crippen MR) is 63.3 cm³/mol. The highest BCUT2D eigenvalue weighted by Gasteiger charge is 2.04. The lowest BCUT2D eigenvalue weighted by Gasteiger charge is -2.08. The van der Waals surface area contributed by atoms with E-state index in [0.717, 1.165) is 5.56 Å². The van der Waals surface area contributed by atoms with Crippen molar-refractivity contribution in [1.82, 2.24) is 5.32 Å². The largest absolute Gasteiger partial charge is 0.484 e. The first-order valence-corrected chi connectivity index (χ1v) is 5.54. The zero-order valence-corrected chi connectivity index (χ0v) is 9.83. The van der Waals surface area contributed by atoms with Gasteiger partial charge >= 0.3 is 0 Å². The highest BCUT2D eigenvalue weighted by atomic mass is 19.1. The van der Waals surface area contributed by atoms with Gasteiger partial charge in [-0.3, -0.25) is 4.79 Å². The Bertz CT molecular complexity index is 383. The van der Waals surface area contributed by atoms with Crippen LogP contribution in [0, 0.1) is 5.82 Å².